The third-order valence-electron chi connectivity index (χ3n) is 7.56. The van der Waals surface area contributed by atoms with Gasteiger partial charge in [-0.1, -0.05) is 17.7 Å². The molecule has 3 heterocycles. The summed E-state index contributed by atoms with van der Waals surface area (Å²) in [7, 11) is 0. The fraction of sp³-hybridized carbons (Fsp3) is 0.379. The van der Waals surface area contributed by atoms with Crippen LogP contribution in [0, 0.1) is 17.2 Å². The molecule has 40 heavy (non-hydrogen) atoms. The molecular weight excluding hydrogens is 537 g/mol. The lowest BCUT2D eigenvalue weighted by atomic mass is 9.86. The van der Waals surface area contributed by atoms with Gasteiger partial charge in [-0.05, 0) is 56.0 Å². The average molecular weight is 566 g/mol. The van der Waals surface area contributed by atoms with Gasteiger partial charge in [-0.2, -0.15) is 0 Å². The Balaban J connectivity index is 1.18. The highest BCUT2D eigenvalue weighted by atomic mass is 35.5. The van der Waals surface area contributed by atoms with E-state index in [9.17, 15) is 14.0 Å². The zero-order chi connectivity index (χ0) is 27.7. The maximum atomic E-state index is 13.6. The maximum Gasteiger partial charge on any atom is 0.306 e. The van der Waals surface area contributed by atoms with Gasteiger partial charge in [0, 0.05) is 41.7 Å². The highest BCUT2D eigenvalue weighted by Crippen LogP contribution is 2.39. The van der Waals surface area contributed by atoms with Crippen LogP contribution in [-0.2, 0) is 14.3 Å². The lowest BCUT2D eigenvalue weighted by Crippen LogP contribution is -2.27. The van der Waals surface area contributed by atoms with Gasteiger partial charge in [0.2, 0.25) is 5.91 Å². The van der Waals surface area contributed by atoms with Crippen molar-refractivity contribution in [2.45, 2.75) is 25.7 Å². The molecule has 1 atom stereocenters. The highest BCUT2D eigenvalue weighted by molar-refractivity contribution is 6.31. The molecule has 2 N–H and O–H groups in total. The molecule has 3 aromatic rings. The second-order valence-corrected chi connectivity index (χ2v) is 11.2. The van der Waals surface area contributed by atoms with E-state index in [1.165, 1.54) is 24.5 Å². The molecule has 1 aromatic heterocycles. The summed E-state index contributed by atoms with van der Waals surface area (Å²) in [6, 6.07) is 7.88. The number of halogens is 2. The SMILES string of the molecule is O=C(/C=C/CN1CCC2(COC(=O)C2)C1)Nc1cc2c(Nc3ccc(F)c(Cl)c3)ncnc2cc1OCC1CC1. The summed E-state index contributed by atoms with van der Waals surface area (Å²) in [5.41, 5.74) is 1.60. The number of esters is 1. The summed E-state index contributed by atoms with van der Waals surface area (Å²) in [5.74, 6) is 0.599. The van der Waals surface area contributed by atoms with E-state index < -0.39 is 5.82 Å². The highest BCUT2D eigenvalue weighted by Gasteiger charge is 2.45. The Morgan fingerprint density at radius 3 is 2.92 bits per heavy atom. The quantitative estimate of drug-likeness (QED) is 0.273. The molecule has 1 saturated carbocycles. The van der Waals surface area contributed by atoms with Gasteiger partial charge in [0.15, 0.2) is 0 Å². The smallest absolute Gasteiger partial charge is 0.306 e. The van der Waals surface area contributed by atoms with Crippen molar-refractivity contribution in [2.75, 3.05) is 43.5 Å². The number of aromatic nitrogens is 2. The van der Waals surface area contributed by atoms with Crippen LogP contribution in [0.4, 0.5) is 21.6 Å². The van der Waals surface area contributed by atoms with E-state index in [-0.39, 0.29) is 22.3 Å². The van der Waals surface area contributed by atoms with Crippen molar-refractivity contribution in [3.63, 3.8) is 0 Å². The lowest BCUT2D eigenvalue weighted by Gasteiger charge is -2.19. The molecule has 1 spiro atoms. The molecule has 9 nitrogen and oxygen atoms in total. The summed E-state index contributed by atoms with van der Waals surface area (Å²) >= 11 is 5.95. The predicted molar refractivity (Wildman–Crippen MR) is 149 cm³/mol. The van der Waals surface area contributed by atoms with Crippen LogP contribution >= 0.6 is 11.6 Å². The molecular formula is C29H29ClFN5O4. The Morgan fingerprint density at radius 1 is 1.27 bits per heavy atom. The zero-order valence-electron chi connectivity index (χ0n) is 21.8. The summed E-state index contributed by atoms with van der Waals surface area (Å²) in [5, 5.41) is 6.75. The average Bonchev–Trinajstić information content (AvgIpc) is 3.58. The molecule has 2 aromatic carbocycles. The first-order valence-electron chi connectivity index (χ1n) is 13.3. The van der Waals surface area contributed by atoms with E-state index in [1.54, 1.807) is 18.2 Å². The van der Waals surface area contributed by atoms with Gasteiger partial charge in [-0.25, -0.2) is 14.4 Å². The normalized spacial score (nSPS) is 20.9. The number of hydrogen-bond donors (Lipinski definition) is 2. The molecule has 11 heteroatoms. The molecule has 1 amide bonds. The minimum atomic E-state index is -0.512. The molecule has 0 radical (unpaired) electrons. The van der Waals surface area contributed by atoms with Crippen molar-refractivity contribution in [1.82, 2.24) is 14.9 Å². The molecule has 6 rings (SSSR count). The first-order chi connectivity index (χ1) is 19.4. The fourth-order valence-corrected chi connectivity index (χ4v) is 5.35. The van der Waals surface area contributed by atoms with Crippen molar-refractivity contribution in [1.29, 1.82) is 0 Å². The number of amides is 1. The predicted octanol–water partition coefficient (Wildman–Crippen LogP) is 5.09. The van der Waals surface area contributed by atoms with Crippen LogP contribution in [0.3, 0.4) is 0 Å². The molecule has 2 aliphatic heterocycles. The van der Waals surface area contributed by atoms with E-state index in [1.807, 2.05) is 6.08 Å². The van der Waals surface area contributed by atoms with Crippen molar-refractivity contribution >= 4 is 51.6 Å². The molecule has 3 fully saturated rings. The van der Waals surface area contributed by atoms with Crippen LogP contribution in [-0.4, -0.2) is 59.6 Å². The third-order valence-corrected chi connectivity index (χ3v) is 7.85. The molecule has 2 saturated heterocycles. The van der Waals surface area contributed by atoms with Crippen molar-refractivity contribution in [3.8, 4) is 5.75 Å². The van der Waals surface area contributed by atoms with E-state index in [0.29, 0.717) is 65.9 Å². The standard InChI is InChI=1S/C29H29ClFN5O4/c30-21-10-19(5-6-22(21)31)34-28-20-11-24(25(39-14-18-3-4-18)12-23(20)32-17-33-28)35-26(37)2-1-8-36-9-7-29(15-36)13-27(38)40-16-29/h1-2,5-6,10-12,17-18H,3-4,7-9,13-16H2,(H,35,37)(H,32,33,34)/b2-1+. The number of fused-ring (bicyclic) bond motifs is 1. The van der Waals surface area contributed by atoms with Crippen LogP contribution in [0.5, 0.6) is 5.75 Å². The molecule has 1 unspecified atom stereocenters. The molecule has 1 aliphatic carbocycles. The Bertz CT molecular complexity index is 1500. The Hall–Kier alpha value is -3.76. The fourth-order valence-electron chi connectivity index (χ4n) is 5.17. The van der Waals surface area contributed by atoms with Gasteiger partial charge >= 0.3 is 5.97 Å². The minimum absolute atomic E-state index is 0.00646. The van der Waals surface area contributed by atoms with E-state index in [2.05, 4.69) is 25.5 Å². The number of anilines is 3. The zero-order valence-corrected chi connectivity index (χ0v) is 22.5. The third kappa shape index (κ3) is 6.03. The number of rotatable bonds is 9. The van der Waals surface area contributed by atoms with Crippen molar-refractivity contribution in [3.05, 3.63) is 59.7 Å². The number of ether oxygens (including phenoxy) is 2. The van der Waals surface area contributed by atoms with E-state index in [4.69, 9.17) is 21.1 Å². The van der Waals surface area contributed by atoms with Gasteiger partial charge in [0.05, 0.1) is 35.9 Å². The van der Waals surface area contributed by atoms with Crippen molar-refractivity contribution in [2.24, 2.45) is 11.3 Å². The first kappa shape index (κ1) is 26.5. The topological polar surface area (TPSA) is 106 Å². The van der Waals surface area contributed by atoms with Crippen LogP contribution < -0.4 is 15.4 Å². The van der Waals surface area contributed by atoms with Crippen molar-refractivity contribution < 1.29 is 23.5 Å². The van der Waals surface area contributed by atoms with Crippen LogP contribution in [0.1, 0.15) is 25.7 Å². The van der Waals surface area contributed by atoms with Gasteiger partial charge in [-0.3, -0.25) is 14.5 Å². The van der Waals surface area contributed by atoms with Crippen LogP contribution in [0.2, 0.25) is 5.02 Å². The Morgan fingerprint density at radius 2 is 2.15 bits per heavy atom. The number of hydrogen-bond acceptors (Lipinski definition) is 8. The van der Waals surface area contributed by atoms with Gasteiger partial charge < -0.3 is 20.1 Å². The first-order valence-corrected chi connectivity index (χ1v) is 13.7. The number of nitrogens with zero attached hydrogens (tertiary/aromatic N) is 3. The number of carbonyl (C=O) groups excluding carboxylic acids is 2. The Labute approximate surface area is 235 Å². The van der Waals surface area contributed by atoms with E-state index >= 15 is 0 Å². The second kappa shape index (κ2) is 11.0. The summed E-state index contributed by atoms with van der Waals surface area (Å²) < 4.78 is 24.9. The largest absolute Gasteiger partial charge is 0.491 e. The molecule has 0 bridgehead atoms. The maximum absolute atomic E-state index is 13.6. The summed E-state index contributed by atoms with van der Waals surface area (Å²) in [6.07, 6.45) is 8.41. The molecule has 208 valence electrons. The lowest BCUT2D eigenvalue weighted by molar-refractivity contribution is -0.137. The van der Waals surface area contributed by atoms with Gasteiger partial charge in [0.25, 0.3) is 0 Å². The number of cyclic esters (lactones) is 1. The number of likely N-dealkylation sites (tertiary alicyclic amines) is 1. The number of carbonyl (C=O) groups is 2. The second-order valence-electron chi connectivity index (χ2n) is 10.8. The van der Waals surface area contributed by atoms with Crippen LogP contribution in [0.15, 0.2) is 48.8 Å². The van der Waals surface area contributed by atoms with Crippen LogP contribution in [0.25, 0.3) is 10.9 Å². The number of benzene rings is 2. The summed E-state index contributed by atoms with van der Waals surface area (Å²) in [6.45, 7) is 3.30. The monoisotopic (exact) mass is 565 g/mol. The van der Waals surface area contributed by atoms with Gasteiger partial charge in [-0.15, -0.1) is 0 Å². The summed E-state index contributed by atoms with van der Waals surface area (Å²) in [4.78, 5) is 35.5. The number of nitrogens with one attached hydrogen (secondary N) is 2. The molecule has 3 aliphatic rings. The minimum Gasteiger partial charge on any atom is -0.491 e. The van der Waals surface area contributed by atoms with Gasteiger partial charge in [0.1, 0.15) is 23.7 Å². The van der Waals surface area contributed by atoms with E-state index in [0.717, 1.165) is 32.4 Å². The Kier molecular flexibility index (Phi) is 7.29.